The molecule has 2 aromatic rings. The third-order valence-electron chi connectivity index (χ3n) is 3.45. The highest BCUT2D eigenvalue weighted by atomic mass is 16.5. The molecule has 1 N–H and O–H groups in total. The van der Waals surface area contributed by atoms with E-state index in [1.165, 1.54) is 43.5 Å². The number of unbranched alkanes of at least 4 members (excludes halogenated alkanes) is 3. The second-order valence-corrected chi connectivity index (χ2v) is 5.25. The molecule has 116 valence electrons. The van der Waals surface area contributed by atoms with E-state index in [2.05, 4.69) is 24.0 Å². The Labute approximate surface area is 130 Å². The van der Waals surface area contributed by atoms with Gasteiger partial charge in [0.1, 0.15) is 5.75 Å². The van der Waals surface area contributed by atoms with Crippen LogP contribution in [-0.2, 0) is 6.42 Å². The van der Waals surface area contributed by atoms with Crippen molar-refractivity contribution < 1.29 is 14.6 Å². The van der Waals surface area contributed by atoms with E-state index in [-0.39, 0.29) is 5.56 Å². The molecule has 0 radical (unpaired) electrons. The van der Waals surface area contributed by atoms with E-state index in [9.17, 15) is 4.79 Å². The average Bonchev–Trinajstić information content (AvgIpc) is 2.54. The third kappa shape index (κ3) is 4.88. The Bertz CT molecular complexity index is 591. The van der Waals surface area contributed by atoms with Crippen LogP contribution in [0.2, 0.25) is 0 Å². The van der Waals surface area contributed by atoms with Gasteiger partial charge in [-0.05, 0) is 36.6 Å². The molecule has 0 atom stereocenters. The number of carboxylic acid groups (broad SMARTS) is 1. The summed E-state index contributed by atoms with van der Waals surface area (Å²) in [6.45, 7) is 2.21. The van der Waals surface area contributed by atoms with E-state index < -0.39 is 5.97 Å². The highest BCUT2D eigenvalue weighted by Gasteiger charge is 2.04. The Kier molecular flexibility index (Phi) is 5.95. The topological polar surface area (TPSA) is 59.4 Å². The molecule has 4 heteroatoms. The number of ether oxygens (including phenoxy) is 1. The Morgan fingerprint density at radius 2 is 1.86 bits per heavy atom. The SMILES string of the molecule is CCCCCCc1ccc(Oc2ccc(C(=O)O)cn2)cc1. The number of benzene rings is 1. The first-order chi connectivity index (χ1) is 10.7. The summed E-state index contributed by atoms with van der Waals surface area (Å²) in [7, 11) is 0. The number of hydrogen-bond donors (Lipinski definition) is 1. The van der Waals surface area contributed by atoms with E-state index in [1.54, 1.807) is 6.07 Å². The number of aromatic carboxylic acids is 1. The molecular formula is C18H21NO3. The van der Waals surface area contributed by atoms with Gasteiger partial charge < -0.3 is 9.84 Å². The maximum Gasteiger partial charge on any atom is 0.337 e. The number of nitrogens with zero attached hydrogens (tertiary/aromatic N) is 1. The molecule has 1 aromatic carbocycles. The van der Waals surface area contributed by atoms with Gasteiger partial charge in [-0.3, -0.25) is 0 Å². The summed E-state index contributed by atoms with van der Waals surface area (Å²) in [4.78, 5) is 14.7. The number of pyridine rings is 1. The van der Waals surface area contributed by atoms with Gasteiger partial charge in [0.15, 0.2) is 0 Å². The summed E-state index contributed by atoms with van der Waals surface area (Å²) in [6, 6.07) is 11.0. The van der Waals surface area contributed by atoms with Crippen LogP contribution >= 0.6 is 0 Å². The van der Waals surface area contributed by atoms with Crippen molar-refractivity contribution in [2.45, 2.75) is 39.0 Å². The van der Waals surface area contributed by atoms with Crippen LogP contribution in [0.25, 0.3) is 0 Å². The molecule has 0 saturated heterocycles. The van der Waals surface area contributed by atoms with E-state index in [0.717, 1.165) is 6.42 Å². The Morgan fingerprint density at radius 3 is 2.45 bits per heavy atom. The molecule has 0 bridgehead atoms. The molecule has 0 spiro atoms. The van der Waals surface area contributed by atoms with Gasteiger partial charge in [0.25, 0.3) is 0 Å². The van der Waals surface area contributed by atoms with Crippen LogP contribution in [0, 0.1) is 0 Å². The summed E-state index contributed by atoms with van der Waals surface area (Å²) < 4.78 is 5.61. The van der Waals surface area contributed by atoms with Crippen LogP contribution < -0.4 is 4.74 Å². The van der Waals surface area contributed by atoms with Gasteiger partial charge in [-0.15, -0.1) is 0 Å². The van der Waals surface area contributed by atoms with Gasteiger partial charge in [0, 0.05) is 12.3 Å². The molecule has 0 aliphatic carbocycles. The number of rotatable bonds is 8. The first-order valence-electron chi connectivity index (χ1n) is 7.65. The number of aromatic nitrogens is 1. The van der Waals surface area contributed by atoms with E-state index in [1.807, 2.05) is 12.1 Å². The predicted molar refractivity (Wildman–Crippen MR) is 85.6 cm³/mol. The highest BCUT2D eigenvalue weighted by molar-refractivity contribution is 5.87. The lowest BCUT2D eigenvalue weighted by Crippen LogP contribution is -1.97. The molecule has 1 heterocycles. The van der Waals surface area contributed by atoms with Crippen LogP contribution in [0.15, 0.2) is 42.6 Å². The predicted octanol–water partition coefficient (Wildman–Crippen LogP) is 4.69. The normalized spacial score (nSPS) is 10.4. The minimum Gasteiger partial charge on any atom is -0.478 e. The van der Waals surface area contributed by atoms with Gasteiger partial charge in [-0.1, -0.05) is 38.3 Å². The summed E-state index contributed by atoms with van der Waals surface area (Å²) in [6.07, 6.45) is 7.41. The Balaban J connectivity index is 1.89. The number of hydrogen-bond acceptors (Lipinski definition) is 3. The molecule has 0 aliphatic rings. The van der Waals surface area contributed by atoms with Crippen LogP contribution in [0.3, 0.4) is 0 Å². The molecule has 0 amide bonds. The summed E-state index contributed by atoms with van der Waals surface area (Å²) in [5.74, 6) is 0.0973. The highest BCUT2D eigenvalue weighted by Crippen LogP contribution is 2.20. The lowest BCUT2D eigenvalue weighted by Gasteiger charge is -2.06. The molecule has 2 rings (SSSR count). The molecule has 0 unspecified atom stereocenters. The second-order valence-electron chi connectivity index (χ2n) is 5.25. The van der Waals surface area contributed by atoms with Crippen molar-refractivity contribution >= 4 is 5.97 Å². The van der Waals surface area contributed by atoms with Gasteiger partial charge in [-0.25, -0.2) is 9.78 Å². The van der Waals surface area contributed by atoms with Crippen molar-refractivity contribution in [2.24, 2.45) is 0 Å². The second kappa shape index (κ2) is 8.17. The maximum atomic E-state index is 10.8. The Hall–Kier alpha value is -2.36. The smallest absolute Gasteiger partial charge is 0.337 e. The lowest BCUT2D eigenvalue weighted by atomic mass is 10.1. The summed E-state index contributed by atoms with van der Waals surface area (Å²) >= 11 is 0. The minimum absolute atomic E-state index is 0.148. The summed E-state index contributed by atoms with van der Waals surface area (Å²) in [5, 5.41) is 8.82. The third-order valence-corrected chi connectivity index (χ3v) is 3.45. The zero-order valence-corrected chi connectivity index (χ0v) is 12.8. The molecule has 0 saturated carbocycles. The van der Waals surface area contributed by atoms with E-state index >= 15 is 0 Å². The molecule has 0 aliphatic heterocycles. The molecular weight excluding hydrogens is 278 g/mol. The molecule has 0 fully saturated rings. The fourth-order valence-corrected chi connectivity index (χ4v) is 2.17. The van der Waals surface area contributed by atoms with Crippen LogP contribution in [0.1, 0.15) is 48.5 Å². The zero-order chi connectivity index (χ0) is 15.8. The monoisotopic (exact) mass is 299 g/mol. The van der Waals surface area contributed by atoms with E-state index in [4.69, 9.17) is 9.84 Å². The lowest BCUT2D eigenvalue weighted by molar-refractivity contribution is 0.0696. The zero-order valence-electron chi connectivity index (χ0n) is 12.8. The fraction of sp³-hybridized carbons (Fsp3) is 0.333. The first-order valence-corrected chi connectivity index (χ1v) is 7.65. The van der Waals surface area contributed by atoms with Gasteiger partial charge in [-0.2, -0.15) is 0 Å². The standard InChI is InChI=1S/C18H21NO3/c1-2-3-4-5-6-14-7-10-16(11-8-14)22-17-12-9-15(13-19-17)18(20)21/h7-13H,2-6H2,1H3,(H,20,21). The average molecular weight is 299 g/mol. The van der Waals surface area contributed by atoms with Gasteiger partial charge in [0.05, 0.1) is 5.56 Å². The van der Waals surface area contributed by atoms with Crippen molar-refractivity contribution in [1.82, 2.24) is 4.98 Å². The molecule has 4 nitrogen and oxygen atoms in total. The number of carboxylic acids is 1. The van der Waals surface area contributed by atoms with Gasteiger partial charge >= 0.3 is 5.97 Å². The molecule has 22 heavy (non-hydrogen) atoms. The van der Waals surface area contributed by atoms with E-state index in [0.29, 0.717) is 11.6 Å². The number of aryl methyl sites for hydroxylation is 1. The first kappa shape index (κ1) is 16.0. The molecule has 1 aromatic heterocycles. The minimum atomic E-state index is -0.994. The van der Waals surface area contributed by atoms with Crippen LogP contribution in [0.4, 0.5) is 0 Å². The van der Waals surface area contributed by atoms with Gasteiger partial charge in [0.2, 0.25) is 5.88 Å². The Morgan fingerprint density at radius 1 is 1.09 bits per heavy atom. The number of carbonyl (C=O) groups is 1. The van der Waals surface area contributed by atoms with Crippen molar-refractivity contribution in [1.29, 1.82) is 0 Å². The van der Waals surface area contributed by atoms with Crippen molar-refractivity contribution in [2.75, 3.05) is 0 Å². The quantitative estimate of drug-likeness (QED) is 0.718. The summed E-state index contributed by atoms with van der Waals surface area (Å²) in [5.41, 5.74) is 1.45. The van der Waals surface area contributed by atoms with Crippen molar-refractivity contribution in [3.8, 4) is 11.6 Å². The largest absolute Gasteiger partial charge is 0.478 e. The maximum absolute atomic E-state index is 10.8. The van der Waals surface area contributed by atoms with Crippen LogP contribution in [0.5, 0.6) is 11.6 Å². The van der Waals surface area contributed by atoms with Crippen molar-refractivity contribution in [3.63, 3.8) is 0 Å². The fourth-order valence-electron chi connectivity index (χ4n) is 2.17. The van der Waals surface area contributed by atoms with Crippen LogP contribution in [-0.4, -0.2) is 16.1 Å². The van der Waals surface area contributed by atoms with Crippen molar-refractivity contribution in [3.05, 3.63) is 53.7 Å².